The molecule has 3 N–H and O–H groups in total. The fourth-order valence-electron chi connectivity index (χ4n) is 2.28. The highest BCUT2D eigenvalue weighted by atomic mass is 16.1. The van der Waals surface area contributed by atoms with Gasteiger partial charge in [0.15, 0.2) is 0 Å². The molecule has 1 aliphatic carbocycles. The predicted octanol–water partition coefficient (Wildman–Crippen LogP) is 1.78. The van der Waals surface area contributed by atoms with E-state index in [1.807, 2.05) is 6.07 Å². The number of carbonyl (C=O) groups excluding carboxylic acids is 1. The molecule has 1 saturated carbocycles. The van der Waals surface area contributed by atoms with Crippen molar-refractivity contribution in [3.63, 3.8) is 0 Å². The molecule has 0 radical (unpaired) electrons. The minimum Gasteiger partial charge on any atom is -0.381 e. The maximum atomic E-state index is 11.2. The molecule has 16 heavy (non-hydrogen) atoms. The van der Waals surface area contributed by atoms with Crippen LogP contribution >= 0.6 is 0 Å². The van der Waals surface area contributed by atoms with Crippen LogP contribution in [0, 0.1) is 5.92 Å². The molecule has 0 aliphatic heterocycles. The molecule has 0 spiro atoms. The van der Waals surface area contributed by atoms with E-state index in [-0.39, 0.29) is 0 Å². The van der Waals surface area contributed by atoms with E-state index in [1.54, 1.807) is 6.20 Å². The van der Waals surface area contributed by atoms with Gasteiger partial charge in [0, 0.05) is 18.4 Å². The number of nitrogens with zero attached hydrogens (tertiary/aromatic N) is 1. The number of anilines is 1. The van der Waals surface area contributed by atoms with Crippen LogP contribution in [0.2, 0.25) is 0 Å². The van der Waals surface area contributed by atoms with Crippen LogP contribution < -0.4 is 11.1 Å². The van der Waals surface area contributed by atoms with E-state index >= 15 is 0 Å². The van der Waals surface area contributed by atoms with E-state index < -0.39 is 5.91 Å². The van der Waals surface area contributed by atoms with Crippen molar-refractivity contribution in [1.82, 2.24) is 4.98 Å². The zero-order chi connectivity index (χ0) is 11.5. The summed E-state index contributed by atoms with van der Waals surface area (Å²) in [5.74, 6) is 0.218. The minimum atomic E-state index is -0.429. The van der Waals surface area contributed by atoms with Gasteiger partial charge in [-0.3, -0.25) is 9.78 Å². The van der Waals surface area contributed by atoms with Gasteiger partial charge in [0.1, 0.15) is 0 Å². The first-order chi connectivity index (χ1) is 7.68. The second-order valence-electron chi connectivity index (χ2n) is 4.44. The molecule has 2 rings (SSSR count). The second kappa shape index (κ2) is 4.51. The number of hydrogen-bond acceptors (Lipinski definition) is 3. The van der Waals surface area contributed by atoms with E-state index in [1.165, 1.54) is 19.0 Å². The van der Waals surface area contributed by atoms with Gasteiger partial charge in [0.2, 0.25) is 0 Å². The van der Waals surface area contributed by atoms with E-state index in [2.05, 4.69) is 17.2 Å². The molecule has 86 valence electrons. The molecule has 2 unspecified atom stereocenters. The summed E-state index contributed by atoms with van der Waals surface area (Å²) in [6.07, 6.45) is 6.84. The molecule has 1 aromatic heterocycles. The number of amides is 1. The van der Waals surface area contributed by atoms with Crippen molar-refractivity contribution in [3.8, 4) is 0 Å². The monoisotopic (exact) mass is 219 g/mol. The number of primary amides is 1. The third-order valence-electron chi connectivity index (χ3n) is 3.29. The number of carbonyl (C=O) groups is 1. The van der Waals surface area contributed by atoms with Crippen molar-refractivity contribution in [3.05, 3.63) is 24.0 Å². The van der Waals surface area contributed by atoms with Crippen LogP contribution in [0.15, 0.2) is 18.5 Å². The third kappa shape index (κ3) is 2.15. The van der Waals surface area contributed by atoms with Gasteiger partial charge in [-0.1, -0.05) is 13.3 Å². The van der Waals surface area contributed by atoms with Crippen LogP contribution in [0.5, 0.6) is 0 Å². The number of nitrogens with one attached hydrogen (secondary N) is 1. The van der Waals surface area contributed by atoms with Gasteiger partial charge in [0.25, 0.3) is 5.91 Å². The van der Waals surface area contributed by atoms with Crippen LogP contribution in [-0.4, -0.2) is 16.9 Å². The predicted molar refractivity (Wildman–Crippen MR) is 63.2 cm³/mol. The average Bonchev–Trinajstić information content (AvgIpc) is 2.65. The molecule has 0 saturated heterocycles. The second-order valence-corrected chi connectivity index (χ2v) is 4.44. The van der Waals surface area contributed by atoms with Gasteiger partial charge < -0.3 is 11.1 Å². The lowest BCUT2D eigenvalue weighted by Gasteiger charge is -2.19. The van der Waals surface area contributed by atoms with Gasteiger partial charge >= 0.3 is 0 Å². The van der Waals surface area contributed by atoms with Crippen LogP contribution in [0.3, 0.4) is 0 Å². The smallest absolute Gasteiger partial charge is 0.252 e. The van der Waals surface area contributed by atoms with Crippen molar-refractivity contribution in [1.29, 1.82) is 0 Å². The molecule has 1 aromatic rings. The molecule has 1 aliphatic rings. The standard InChI is InChI=1S/C12H17N3O/c1-8-3-2-4-10(8)15-11-5-6-14-7-9(11)12(13)16/h5-8,10H,2-4H2,1H3,(H2,13,16)(H,14,15). The number of rotatable bonds is 3. The number of hydrogen-bond donors (Lipinski definition) is 2. The van der Waals surface area contributed by atoms with Gasteiger partial charge in [-0.05, 0) is 24.8 Å². The van der Waals surface area contributed by atoms with E-state index in [9.17, 15) is 4.79 Å². The van der Waals surface area contributed by atoms with Gasteiger partial charge in [-0.15, -0.1) is 0 Å². The highest BCUT2D eigenvalue weighted by Gasteiger charge is 2.24. The van der Waals surface area contributed by atoms with Crippen molar-refractivity contribution in [2.45, 2.75) is 32.2 Å². The quantitative estimate of drug-likeness (QED) is 0.814. The summed E-state index contributed by atoms with van der Waals surface area (Å²) in [7, 11) is 0. The SMILES string of the molecule is CC1CCCC1Nc1ccncc1C(N)=O. The van der Waals surface area contributed by atoms with Crippen molar-refractivity contribution >= 4 is 11.6 Å². The largest absolute Gasteiger partial charge is 0.381 e. The Bertz CT molecular complexity index is 392. The zero-order valence-electron chi connectivity index (χ0n) is 9.44. The number of pyridine rings is 1. The Morgan fingerprint density at radius 1 is 1.56 bits per heavy atom. The first-order valence-electron chi connectivity index (χ1n) is 5.69. The lowest BCUT2D eigenvalue weighted by molar-refractivity contribution is 0.100. The number of aromatic nitrogens is 1. The first-order valence-corrected chi connectivity index (χ1v) is 5.69. The number of nitrogens with two attached hydrogens (primary N) is 1. The Hall–Kier alpha value is -1.58. The summed E-state index contributed by atoms with van der Waals surface area (Å²) in [5.41, 5.74) is 6.58. The van der Waals surface area contributed by atoms with Gasteiger partial charge in [0.05, 0.1) is 11.3 Å². The molecule has 4 nitrogen and oxygen atoms in total. The zero-order valence-corrected chi connectivity index (χ0v) is 9.44. The summed E-state index contributed by atoms with van der Waals surface area (Å²) in [6, 6.07) is 2.26. The van der Waals surface area contributed by atoms with Crippen molar-refractivity contribution in [2.75, 3.05) is 5.32 Å². The summed E-state index contributed by atoms with van der Waals surface area (Å²) in [6.45, 7) is 2.23. The Balaban J connectivity index is 2.17. The Morgan fingerprint density at radius 3 is 3.00 bits per heavy atom. The fourth-order valence-corrected chi connectivity index (χ4v) is 2.28. The van der Waals surface area contributed by atoms with E-state index in [0.29, 0.717) is 17.5 Å². The van der Waals surface area contributed by atoms with Crippen LogP contribution in [0.1, 0.15) is 36.5 Å². The van der Waals surface area contributed by atoms with E-state index in [4.69, 9.17) is 5.73 Å². The maximum Gasteiger partial charge on any atom is 0.252 e. The molecular weight excluding hydrogens is 202 g/mol. The molecule has 0 aromatic carbocycles. The highest BCUT2D eigenvalue weighted by molar-refractivity contribution is 5.98. The van der Waals surface area contributed by atoms with Crippen LogP contribution in [0.4, 0.5) is 5.69 Å². The molecule has 2 atom stereocenters. The van der Waals surface area contributed by atoms with Crippen molar-refractivity contribution < 1.29 is 4.79 Å². The molecule has 1 amide bonds. The van der Waals surface area contributed by atoms with Crippen LogP contribution in [0.25, 0.3) is 0 Å². The van der Waals surface area contributed by atoms with Crippen molar-refractivity contribution in [2.24, 2.45) is 11.7 Å². The Labute approximate surface area is 95.3 Å². The summed E-state index contributed by atoms with van der Waals surface area (Å²) in [4.78, 5) is 15.1. The Morgan fingerprint density at radius 2 is 2.38 bits per heavy atom. The summed E-state index contributed by atoms with van der Waals surface area (Å²) >= 11 is 0. The summed E-state index contributed by atoms with van der Waals surface area (Å²) < 4.78 is 0. The lowest BCUT2D eigenvalue weighted by Crippen LogP contribution is -2.24. The lowest BCUT2D eigenvalue weighted by atomic mass is 10.1. The molecule has 4 heteroatoms. The molecule has 1 heterocycles. The summed E-state index contributed by atoms with van der Waals surface area (Å²) in [5, 5.41) is 3.40. The van der Waals surface area contributed by atoms with Gasteiger partial charge in [-0.2, -0.15) is 0 Å². The van der Waals surface area contributed by atoms with Crippen LogP contribution in [-0.2, 0) is 0 Å². The fraction of sp³-hybridized carbons (Fsp3) is 0.500. The first kappa shape index (κ1) is 10.9. The van der Waals surface area contributed by atoms with E-state index in [0.717, 1.165) is 12.1 Å². The molecular formula is C12H17N3O. The maximum absolute atomic E-state index is 11.2. The average molecular weight is 219 g/mol. The van der Waals surface area contributed by atoms with Gasteiger partial charge in [-0.25, -0.2) is 0 Å². The Kier molecular flexibility index (Phi) is 3.08. The molecule has 1 fully saturated rings. The highest BCUT2D eigenvalue weighted by Crippen LogP contribution is 2.28. The normalized spacial score (nSPS) is 24.3. The third-order valence-corrected chi connectivity index (χ3v) is 3.29. The minimum absolute atomic E-state index is 0.429. The molecule has 0 bridgehead atoms. The topological polar surface area (TPSA) is 68.0 Å².